The van der Waals surface area contributed by atoms with Crippen LogP contribution in [0.4, 0.5) is 0 Å². The molecule has 0 saturated carbocycles. The van der Waals surface area contributed by atoms with Crippen LogP contribution >= 0.6 is 47.8 Å². The van der Waals surface area contributed by atoms with Crippen LogP contribution in [0.15, 0.2) is 23.4 Å². The van der Waals surface area contributed by atoms with E-state index in [2.05, 4.69) is 57.9 Å². The summed E-state index contributed by atoms with van der Waals surface area (Å²) in [6, 6.07) is 0. The number of rotatable bonds is 2. The number of imidazole rings is 1. The Morgan fingerprint density at radius 1 is 1.22 bits per heavy atom. The molecule has 0 aliphatic carbocycles. The van der Waals surface area contributed by atoms with E-state index in [1.54, 1.807) is 13.8 Å². The van der Waals surface area contributed by atoms with Gasteiger partial charge in [0.2, 0.25) is 0 Å². The van der Waals surface area contributed by atoms with Gasteiger partial charge in [0.15, 0.2) is 15.4 Å². The van der Waals surface area contributed by atoms with E-state index < -0.39 is 10.0 Å². The van der Waals surface area contributed by atoms with Gasteiger partial charge in [-0.05, 0) is 61.6 Å². The molecule has 2 heterocycles. The molecule has 0 bridgehead atoms. The van der Waals surface area contributed by atoms with Crippen LogP contribution in [-0.4, -0.2) is 22.5 Å². The highest BCUT2D eigenvalue weighted by atomic mass is 79.9. The molecular weight excluding hydrogens is 458 g/mol. The third kappa shape index (κ3) is 2.08. The highest BCUT2D eigenvalue weighted by Gasteiger charge is 2.30. The molecule has 0 radical (unpaired) electrons. The van der Waals surface area contributed by atoms with Gasteiger partial charge in [0.1, 0.15) is 14.9 Å². The van der Waals surface area contributed by atoms with Gasteiger partial charge < -0.3 is 4.52 Å². The molecule has 0 aromatic carbocycles. The molecule has 2 aromatic rings. The molecule has 0 aliphatic heterocycles. The van der Waals surface area contributed by atoms with Crippen molar-refractivity contribution in [2.75, 3.05) is 0 Å². The summed E-state index contributed by atoms with van der Waals surface area (Å²) in [7, 11) is -3.82. The van der Waals surface area contributed by atoms with Crippen molar-refractivity contribution in [2.45, 2.75) is 18.7 Å². The molecular formula is C8H6Br3N3O3S. The van der Waals surface area contributed by atoms with E-state index >= 15 is 0 Å². The first kappa shape index (κ1) is 14.2. The van der Waals surface area contributed by atoms with E-state index in [-0.39, 0.29) is 20.0 Å². The van der Waals surface area contributed by atoms with Gasteiger partial charge in [0.05, 0.1) is 0 Å². The van der Waals surface area contributed by atoms with Crippen molar-refractivity contribution >= 4 is 57.8 Å². The van der Waals surface area contributed by atoms with Crippen LogP contribution in [0.5, 0.6) is 0 Å². The van der Waals surface area contributed by atoms with Crippen molar-refractivity contribution in [3.8, 4) is 0 Å². The zero-order valence-electron chi connectivity index (χ0n) is 9.11. The smallest absolute Gasteiger partial charge is 0.276 e. The number of hydrogen-bond acceptors (Lipinski definition) is 5. The minimum atomic E-state index is -3.82. The second-order valence-corrected chi connectivity index (χ2v) is 7.32. The first-order valence-corrected chi connectivity index (χ1v) is 8.36. The molecule has 2 aromatic heterocycles. The summed E-state index contributed by atoms with van der Waals surface area (Å²) < 4.78 is 31.8. The van der Waals surface area contributed by atoms with Crippen molar-refractivity contribution < 1.29 is 12.9 Å². The zero-order valence-corrected chi connectivity index (χ0v) is 14.7. The van der Waals surface area contributed by atoms with E-state index in [4.69, 9.17) is 4.52 Å². The van der Waals surface area contributed by atoms with E-state index in [0.29, 0.717) is 10.3 Å². The fourth-order valence-electron chi connectivity index (χ4n) is 1.48. The lowest BCUT2D eigenvalue weighted by Gasteiger charge is -2.06. The molecule has 0 atom stereocenters. The second-order valence-electron chi connectivity index (χ2n) is 3.39. The Morgan fingerprint density at radius 3 is 2.22 bits per heavy atom. The van der Waals surface area contributed by atoms with E-state index in [0.717, 1.165) is 3.97 Å². The average molecular weight is 464 g/mol. The number of halogens is 3. The Bertz CT molecular complexity index is 700. The number of aryl methyl sites for hydroxylation is 2. The van der Waals surface area contributed by atoms with Crippen LogP contribution < -0.4 is 0 Å². The molecule has 0 saturated heterocycles. The fraction of sp³-hybridized carbons (Fsp3) is 0.250. The van der Waals surface area contributed by atoms with Crippen LogP contribution in [0.3, 0.4) is 0 Å². The molecule has 0 aliphatic rings. The summed E-state index contributed by atoms with van der Waals surface area (Å²) in [5.74, 6) is 0.233. The molecule has 98 valence electrons. The van der Waals surface area contributed by atoms with Crippen molar-refractivity contribution in [2.24, 2.45) is 0 Å². The van der Waals surface area contributed by atoms with Crippen molar-refractivity contribution in [3.63, 3.8) is 0 Å². The molecule has 0 spiro atoms. The molecule has 6 nitrogen and oxygen atoms in total. The maximum Gasteiger partial charge on any atom is 0.276 e. The summed E-state index contributed by atoms with van der Waals surface area (Å²) >= 11 is 9.41. The van der Waals surface area contributed by atoms with Crippen molar-refractivity contribution in [1.82, 2.24) is 14.1 Å². The summed E-state index contributed by atoms with van der Waals surface area (Å²) in [6.07, 6.45) is 0. The fourth-order valence-corrected chi connectivity index (χ4v) is 5.70. The summed E-state index contributed by atoms with van der Waals surface area (Å²) in [5, 5.41) is 3.64. The van der Waals surface area contributed by atoms with Gasteiger partial charge in [-0.3, -0.25) is 0 Å². The summed E-state index contributed by atoms with van der Waals surface area (Å²) in [6.45, 7) is 3.11. The lowest BCUT2D eigenvalue weighted by molar-refractivity contribution is 0.390. The number of nitrogens with zero attached hydrogens (tertiary/aromatic N) is 3. The van der Waals surface area contributed by atoms with E-state index in [9.17, 15) is 8.42 Å². The van der Waals surface area contributed by atoms with Crippen LogP contribution in [-0.2, 0) is 10.0 Å². The van der Waals surface area contributed by atoms with Crippen LogP contribution in [0, 0.1) is 13.8 Å². The molecule has 0 amide bonds. The SMILES string of the molecule is Cc1noc(C)c1S(=O)(=O)n1c(Br)nc(Br)c1Br. The summed E-state index contributed by atoms with van der Waals surface area (Å²) in [4.78, 5) is 4.00. The minimum absolute atomic E-state index is 0.0359. The summed E-state index contributed by atoms with van der Waals surface area (Å²) in [5.41, 5.74) is 0.302. The van der Waals surface area contributed by atoms with Gasteiger partial charge in [-0.25, -0.2) is 17.4 Å². The minimum Gasteiger partial charge on any atom is -0.360 e. The van der Waals surface area contributed by atoms with Crippen molar-refractivity contribution in [1.29, 1.82) is 0 Å². The standard InChI is InChI=1S/C8H6Br3N3O3S/c1-3-5(4(2)17-13-3)18(15,16)14-7(10)6(9)12-8(14)11/h1-2H3. The van der Waals surface area contributed by atoms with E-state index in [1.807, 2.05) is 0 Å². The molecule has 2 rings (SSSR count). The predicted molar refractivity (Wildman–Crippen MR) is 73.9 cm³/mol. The molecule has 18 heavy (non-hydrogen) atoms. The maximum atomic E-state index is 12.5. The topological polar surface area (TPSA) is 78.0 Å². The first-order chi connectivity index (χ1) is 8.26. The largest absolute Gasteiger partial charge is 0.360 e. The quantitative estimate of drug-likeness (QED) is 0.684. The third-order valence-electron chi connectivity index (χ3n) is 2.17. The van der Waals surface area contributed by atoms with Gasteiger partial charge in [0.25, 0.3) is 10.0 Å². The van der Waals surface area contributed by atoms with Gasteiger partial charge >= 0.3 is 0 Å². The van der Waals surface area contributed by atoms with Gasteiger partial charge in [0, 0.05) is 0 Å². The van der Waals surface area contributed by atoms with Crippen LogP contribution in [0.1, 0.15) is 11.5 Å². The predicted octanol–water partition coefficient (Wildman–Crippen LogP) is 3.01. The average Bonchev–Trinajstić information content (AvgIpc) is 2.69. The highest BCUT2D eigenvalue weighted by molar-refractivity contribution is 9.13. The van der Waals surface area contributed by atoms with Gasteiger partial charge in [-0.15, -0.1) is 0 Å². The molecule has 0 N–H and O–H groups in total. The van der Waals surface area contributed by atoms with Crippen LogP contribution in [0.25, 0.3) is 0 Å². The van der Waals surface area contributed by atoms with Crippen LogP contribution in [0.2, 0.25) is 0 Å². The third-order valence-corrected chi connectivity index (χ3v) is 6.92. The normalized spacial score (nSPS) is 12.1. The lowest BCUT2D eigenvalue weighted by atomic mass is 10.4. The monoisotopic (exact) mass is 461 g/mol. The maximum absolute atomic E-state index is 12.5. The van der Waals surface area contributed by atoms with E-state index in [1.165, 1.54) is 0 Å². The van der Waals surface area contributed by atoms with Gasteiger partial charge in [-0.1, -0.05) is 5.16 Å². The molecule has 10 heteroatoms. The molecule has 0 fully saturated rings. The second kappa shape index (κ2) is 4.73. The number of hydrogen-bond donors (Lipinski definition) is 0. The Hall–Kier alpha value is -0.190. The number of aromatic nitrogens is 3. The van der Waals surface area contributed by atoms with Gasteiger partial charge in [-0.2, -0.15) is 0 Å². The Morgan fingerprint density at radius 2 is 1.83 bits per heavy atom. The first-order valence-electron chi connectivity index (χ1n) is 4.54. The highest BCUT2D eigenvalue weighted by Crippen LogP contribution is 2.32. The van der Waals surface area contributed by atoms with Crippen molar-refractivity contribution in [3.05, 3.63) is 25.4 Å². The molecule has 0 unspecified atom stereocenters. The lowest BCUT2D eigenvalue weighted by Crippen LogP contribution is -2.15. The zero-order chi connectivity index (χ0) is 13.7. The Kier molecular flexibility index (Phi) is 3.74. The Balaban J connectivity index is 2.78. The Labute approximate surface area is 128 Å².